The molecular formula is C17H19N3O3. The predicted molar refractivity (Wildman–Crippen MR) is 82.9 cm³/mol. The Morgan fingerprint density at radius 1 is 1.04 bits per heavy atom. The molecule has 0 aromatic heterocycles. The summed E-state index contributed by atoms with van der Waals surface area (Å²) in [5, 5.41) is 3.25. The first-order valence-electron chi connectivity index (χ1n) is 8.12. The van der Waals surface area contributed by atoms with Gasteiger partial charge in [0.15, 0.2) is 0 Å². The van der Waals surface area contributed by atoms with Crippen LogP contribution in [0.15, 0.2) is 24.3 Å². The van der Waals surface area contributed by atoms with Crippen LogP contribution in [0.4, 0.5) is 0 Å². The third kappa shape index (κ3) is 2.34. The van der Waals surface area contributed by atoms with Crippen molar-refractivity contribution in [3.8, 4) is 0 Å². The van der Waals surface area contributed by atoms with Crippen LogP contribution in [0.1, 0.15) is 33.6 Å². The average molecular weight is 313 g/mol. The Balaban J connectivity index is 1.36. The number of likely N-dealkylation sites (tertiary alicyclic amines) is 1. The van der Waals surface area contributed by atoms with Crippen molar-refractivity contribution in [1.82, 2.24) is 15.1 Å². The van der Waals surface area contributed by atoms with Gasteiger partial charge in [-0.15, -0.1) is 0 Å². The van der Waals surface area contributed by atoms with Crippen LogP contribution in [0.5, 0.6) is 0 Å². The molecule has 0 aliphatic carbocycles. The van der Waals surface area contributed by atoms with Gasteiger partial charge in [-0.05, 0) is 30.9 Å². The van der Waals surface area contributed by atoms with E-state index in [1.807, 2.05) is 4.90 Å². The van der Waals surface area contributed by atoms with Crippen molar-refractivity contribution in [2.24, 2.45) is 5.92 Å². The van der Waals surface area contributed by atoms with Crippen LogP contribution in [-0.4, -0.2) is 59.7 Å². The van der Waals surface area contributed by atoms with Crippen LogP contribution in [0.3, 0.4) is 0 Å². The maximum atomic E-state index is 12.3. The van der Waals surface area contributed by atoms with Crippen LogP contribution >= 0.6 is 0 Å². The number of hydrogen-bond donors (Lipinski definition) is 1. The summed E-state index contributed by atoms with van der Waals surface area (Å²) in [4.78, 5) is 40.0. The number of piperidine rings is 1. The van der Waals surface area contributed by atoms with E-state index in [1.54, 1.807) is 24.3 Å². The molecule has 0 unspecified atom stereocenters. The van der Waals surface area contributed by atoms with Crippen LogP contribution in [-0.2, 0) is 4.79 Å². The van der Waals surface area contributed by atoms with Gasteiger partial charge in [0.1, 0.15) is 0 Å². The quantitative estimate of drug-likeness (QED) is 0.822. The Morgan fingerprint density at radius 3 is 2.43 bits per heavy atom. The van der Waals surface area contributed by atoms with E-state index in [2.05, 4.69) is 5.32 Å². The van der Waals surface area contributed by atoms with E-state index in [0.29, 0.717) is 36.6 Å². The molecule has 3 aliphatic heterocycles. The largest absolute Gasteiger partial charge is 0.341 e. The van der Waals surface area contributed by atoms with Crippen LogP contribution in [0.25, 0.3) is 0 Å². The Labute approximate surface area is 134 Å². The van der Waals surface area contributed by atoms with E-state index in [4.69, 9.17) is 0 Å². The number of fused-ring (bicyclic) bond motifs is 3. The van der Waals surface area contributed by atoms with Gasteiger partial charge in [-0.1, -0.05) is 12.1 Å². The Hall–Kier alpha value is -2.21. The standard InChI is InChI=1S/C17H19N3O3/c21-15-12-4-1-2-5-13(12)16(22)20(15)7-3-6-19-10-11-8-14(17(19)23)18-9-11/h1-2,4-5,11,14,18H,3,6-10H2/t11-,14-/m0/s1. The topological polar surface area (TPSA) is 69.7 Å². The molecule has 2 bridgehead atoms. The maximum Gasteiger partial charge on any atom is 0.261 e. The molecule has 3 aliphatic rings. The molecule has 4 rings (SSSR count). The molecule has 0 radical (unpaired) electrons. The molecule has 120 valence electrons. The lowest BCUT2D eigenvalue weighted by Crippen LogP contribution is -2.47. The van der Waals surface area contributed by atoms with Gasteiger partial charge in [-0.2, -0.15) is 0 Å². The Bertz CT molecular complexity index is 652. The van der Waals surface area contributed by atoms with E-state index in [1.165, 1.54) is 4.90 Å². The number of carbonyl (C=O) groups excluding carboxylic acids is 3. The summed E-state index contributed by atoms with van der Waals surface area (Å²) in [7, 11) is 0. The lowest BCUT2D eigenvalue weighted by Gasteiger charge is -2.31. The number of benzene rings is 1. The number of rotatable bonds is 4. The highest BCUT2D eigenvalue weighted by molar-refractivity contribution is 6.21. The fourth-order valence-corrected chi connectivity index (χ4v) is 3.82. The molecule has 6 heteroatoms. The van der Waals surface area contributed by atoms with Gasteiger partial charge in [0.2, 0.25) is 5.91 Å². The van der Waals surface area contributed by atoms with Crippen molar-refractivity contribution in [3.63, 3.8) is 0 Å². The second-order valence-corrected chi connectivity index (χ2v) is 6.51. The zero-order valence-electron chi connectivity index (χ0n) is 12.8. The van der Waals surface area contributed by atoms with Gasteiger partial charge >= 0.3 is 0 Å². The molecule has 2 atom stereocenters. The van der Waals surface area contributed by atoms with Gasteiger partial charge in [-0.3, -0.25) is 19.3 Å². The fraction of sp³-hybridized carbons (Fsp3) is 0.471. The van der Waals surface area contributed by atoms with Crippen molar-refractivity contribution in [3.05, 3.63) is 35.4 Å². The van der Waals surface area contributed by atoms with Crippen molar-refractivity contribution in [1.29, 1.82) is 0 Å². The van der Waals surface area contributed by atoms with E-state index in [-0.39, 0.29) is 23.8 Å². The second kappa shape index (κ2) is 5.45. The number of nitrogens with one attached hydrogen (secondary N) is 1. The molecule has 1 aromatic rings. The summed E-state index contributed by atoms with van der Waals surface area (Å²) in [6.45, 7) is 2.65. The molecule has 23 heavy (non-hydrogen) atoms. The Kier molecular flexibility index (Phi) is 3.41. The lowest BCUT2D eigenvalue weighted by atomic mass is 9.99. The second-order valence-electron chi connectivity index (χ2n) is 6.51. The molecule has 1 N–H and O–H groups in total. The van der Waals surface area contributed by atoms with Gasteiger partial charge in [-0.25, -0.2) is 0 Å². The average Bonchev–Trinajstić information content (AvgIpc) is 3.08. The van der Waals surface area contributed by atoms with Gasteiger partial charge < -0.3 is 10.2 Å². The highest BCUT2D eigenvalue weighted by Gasteiger charge is 2.39. The van der Waals surface area contributed by atoms with Gasteiger partial charge in [0, 0.05) is 26.2 Å². The SMILES string of the molecule is O=C1[C@@H]2C[C@@H](CN2)CN1CCCN1C(=O)c2ccccc2C1=O. The molecule has 0 saturated carbocycles. The monoisotopic (exact) mass is 313 g/mol. The first-order chi connectivity index (χ1) is 11.1. The van der Waals surface area contributed by atoms with Crippen molar-refractivity contribution >= 4 is 17.7 Å². The summed E-state index contributed by atoms with van der Waals surface area (Å²) in [5.41, 5.74) is 0.961. The highest BCUT2D eigenvalue weighted by Crippen LogP contribution is 2.25. The Morgan fingerprint density at radius 2 is 1.74 bits per heavy atom. The fourth-order valence-electron chi connectivity index (χ4n) is 3.82. The minimum Gasteiger partial charge on any atom is -0.341 e. The minimum absolute atomic E-state index is 0.0342. The normalized spacial score (nSPS) is 26.2. The molecule has 1 aromatic carbocycles. The highest BCUT2D eigenvalue weighted by atomic mass is 16.2. The smallest absolute Gasteiger partial charge is 0.261 e. The number of amides is 3. The lowest BCUT2D eigenvalue weighted by molar-refractivity contribution is -0.135. The molecule has 6 nitrogen and oxygen atoms in total. The number of imide groups is 1. The third-order valence-corrected chi connectivity index (χ3v) is 5.00. The van der Waals surface area contributed by atoms with Crippen LogP contribution < -0.4 is 5.32 Å². The van der Waals surface area contributed by atoms with E-state index < -0.39 is 0 Å². The van der Waals surface area contributed by atoms with Crippen molar-refractivity contribution < 1.29 is 14.4 Å². The van der Waals surface area contributed by atoms with E-state index in [9.17, 15) is 14.4 Å². The summed E-state index contributed by atoms with van der Waals surface area (Å²) < 4.78 is 0. The first-order valence-corrected chi connectivity index (χ1v) is 8.12. The number of carbonyl (C=O) groups is 3. The molecule has 0 spiro atoms. The predicted octanol–water partition coefficient (Wildman–Crippen LogP) is 0.493. The molecule has 3 amide bonds. The summed E-state index contributed by atoms with van der Waals surface area (Å²) in [6.07, 6.45) is 1.56. The summed E-state index contributed by atoms with van der Waals surface area (Å²) in [5.74, 6) is 0.243. The van der Waals surface area contributed by atoms with Crippen LogP contribution in [0, 0.1) is 5.92 Å². The number of hydrogen-bond acceptors (Lipinski definition) is 4. The van der Waals surface area contributed by atoms with E-state index >= 15 is 0 Å². The summed E-state index contributed by atoms with van der Waals surface area (Å²) in [6, 6.07) is 6.87. The minimum atomic E-state index is -0.225. The van der Waals surface area contributed by atoms with E-state index in [0.717, 1.165) is 19.5 Å². The number of nitrogens with zero attached hydrogens (tertiary/aromatic N) is 2. The van der Waals surface area contributed by atoms with Crippen molar-refractivity contribution in [2.45, 2.75) is 18.9 Å². The maximum absolute atomic E-state index is 12.3. The molecule has 2 fully saturated rings. The van der Waals surface area contributed by atoms with Gasteiger partial charge in [0.05, 0.1) is 17.2 Å². The summed E-state index contributed by atoms with van der Waals surface area (Å²) >= 11 is 0. The zero-order valence-corrected chi connectivity index (χ0v) is 12.8. The van der Waals surface area contributed by atoms with Gasteiger partial charge in [0.25, 0.3) is 11.8 Å². The zero-order chi connectivity index (χ0) is 16.0. The van der Waals surface area contributed by atoms with Crippen molar-refractivity contribution in [2.75, 3.05) is 26.2 Å². The molecule has 3 heterocycles. The first kappa shape index (κ1) is 14.4. The molecular weight excluding hydrogens is 294 g/mol. The van der Waals surface area contributed by atoms with Crippen LogP contribution in [0.2, 0.25) is 0 Å². The third-order valence-electron chi connectivity index (χ3n) is 5.00. The molecule has 2 saturated heterocycles.